The Balaban J connectivity index is 1.23. The minimum Gasteiger partial charge on any atom is -0.464 e. The molecule has 2 aromatic carbocycles. The highest BCUT2D eigenvalue weighted by Crippen LogP contribution is 2.21. The van der Waals surface area contributed by atoms with Gasteiger partial charge in [-0.2, -0.15) is 0 Å². The predicted octanol–water partition coefficient (Wildman–Crippen LogP) is 2.75. The fourth-order valence-corrected chi connectivity index (χ4v) is 4.67. The van der Waals surface area contributed by atoms with Gasteiger partial charge in [0.2, 0.25) is 5.91 Å². The Morgan fingerprint density at radius 1 is 1.09 bits per heavy atom. The lowest BCUT2D eigenvalue weighted by molar-refractivity contribution is -0.117. The number of rotatable bonds is 5. The molecule has 1 aliphatic rings. The highest BCUT2D eigenvalue weighted by Gasteiger charge is 2.21. The Kier molecular flexibility index (Phi) is 5.78. The largest absolute Gasteiger partial charge is 0.464 e. The van der Waals surface area contributed by atoms with Crippen molar-refractivity contribution in [1.29, 1.82) is 0 Å². The van der Waals surface area contributed by atoms with Crippen LogP contribution in [0.2, 0.25) is 0 Å². The van der Waals surface area contributed by atoms with Crippen molar-refractivity contribution in [3.05, 3.63) is 64.8 Å². The smallest absolute Gasteiger partial charge is 0.328 e. The standard InChI is InChI=1S/C25H28N4O4/c1-27-21-6-5-20(13-22(21)28(2)25(27)31)26-24(30)15-29-8-10-32-16-18(14-29)11-17-3-4-19-7-9-33-23(19)12-17/h3-7,9,12-13,18H,8,10-11,14-16H2,1-2H3,(H,26,30). The van der Waals surface area contributed by atoms with Crippen molar-refractivity contribution in [1.82, 2.24) is 14.0 Å². The van der Waals surface area contributed by atoms with Crippen LogP contribution in [-0.2, 0) is 30.0 Å². The summed E-state index contributed by atoms with van der Waals surface area (Å²) in [6, 6.07) is 13.8. The molecule has 4 aromatic rings. The van der Waals surface area contributed by atoms with Crippen LogP contribution in [-0.4, -0.2) is 52.8 Å². The van der Waals surface area contributed by atoms with Crippen LogP contribution in [0.3, 0.4) is 0 Å². The van der Waals surface area contributed by atoms with E-state index in [0.717, 1.165) is 35.0 Å². The van der Waals surface area contributed by atoms with Gasteiger partial charge in [0, 0.05) is 38.3 Å². The molecule has 1 unspecified atom stereocenters. The van der Waals surface area contributed by atoms with Crippen molar-refractivity contribution in [3.63, 3.8) is 0 Å². The molecule has 172 valence electrons. The minimum atomic E-state index is -0.0877. The van der Waals surface area contributed by atoms with Gasteiger partial charge >= 0.3 is 5.69 Å². The second kappa shape index (κ2) is 8.88. The summed E-state index contributed by atoms with van der Waals surface area (Å²) in [5.41, 5.74) is 4.32. The number of aromatic nitrogens is 2. The number of benzene rings is 2. The molecule has 5 rings (SSSR count). The first kappa shape index (κ1) is 21.5. The van der Waals surface area contributed by atoms with Crippen LogP contribution in [0.4, 0.5) is 5.69 Å². The lowest BCUT2D eigenvalue weighted by Crippen LogP contribution is -2.37. The van der Waals surface area contributed by atoms with Crippen LogP contribution in [0.15, 0.2) is 57.9 Å². The van der Waals surface area contributed by atoms with E-state index in [0.29, 0.717) is 37.9 Å². The van der Waals surface area contributed by atoms with Crippen LogP contribution in [0.5, 0.6) is 0 Å². The number of carbonyl (C=O) groups excluding carboxylic acids is 1. The lowest BCUT2D eigenvalue weighted by Gasteiger charge is -2.23. The van der Waals surface area contributed by atoms with Crippen molar-refractivity contribution in [3.8, 4) is 0 Å². The summed E-state index contributed by atoms with van der Waals surface area (Å²) in [7, 11) is 3.48. The summed E-state index contributed by atoms with van der Waals surface area (Å²) >= 11 is 0. The summed E-state index contributed by atoms with van der Waals surface area (Å²) in [4.78, 5) is 27.1. The Hall–Kier alpha value is -3.36. The van der Waals surface area contributed by atoms with Crippen LogP contribution >= 0.6 is 0 Å². The summed E-state index contributed by atoms with van der Waals surface area (Å²) in [6.07, 6.45) is 2.58. The molecule has 1 amide bonds. The number of hydrogen-bond acceptors (Lipinski definition) is 5. The Bertz CT molecular complexity index is 1370. The topological polar surface area (TPSA) is 81.6 Å². The number of fused-ring (bicyclic) bond motifs is 2. The number of nitrogens with one attached hydrogen (secondary N) is 1. The quantitative estimate of drug-likeness (QED) is 0.508. The molecular weight excluding hydrogens is 420 g/mol. The molecule has 33 heavy (non-hydrogen) atoms. The van der Waals surface area contributed by atoms with Gasteiger partial charge in [-0.25, -0.2) is 4.79 Å². The summed E-state index contributed by atoms with van der Waals surface area (Å²) < 4.78 is 14.5. The maximum atomic E-state index is 12.8. The molecule has 0 saturated carbocycles. The predicted molar refractivity (Wildman–Crippen MR) is 127 cm³/mol. The first-order valence-electron chi connectivity index (χ1n) is 11.2. The molecule has 1 aliphatic heterocycles. The Labute approximate surface area is 191 Å². The first-order chi connectivity index (χ1) is 16.0. The maximum absolute atomic E-state index is 12.8. The molecule has 1 fully saturated rings. The molecule has 3 heterocycles. The van der Waals surface area contributed by atoms with E-state index in [1.165, 1.54) is 5.56 Å². The van der Waals surface area contributed by atoms with Crippen LogP contribution in [0, 0.1) is 5.92 Å². The lowest BCUT2D eigenvalue weighted by atomic mass is 9.99. The van der Waals surface area contributed by atoms with Crippen LogP contribution in [0.25, 0.3) is 22.0 Å². The molecule has 8 heteroatoms. The van der Waals surface area contributed by atoms with Gasteiger partial charge in [0.15, 0.2) is 0 Å². The minimum absolute atomic E-state index is 0.0760. The number of carbonyl (C=O) groups is 1. The number of ether oxygens (including phenoxy) is 1. The highest BCUT2D eigenvalue weighted by molar-refractivity contribution is 5.94. The summed E-state index contributed by atoms with van der Waals surface area (Å²) in [5, 5.41) is 4.08. The fourth-order valence-electron chi connectivity index (χ4n) is 4.67. The molecule has 1 N–H and O–H groups in total. The van der Waals surface area contributed by atoms with Crippen molar-refractivity contribution in [2.24, 2.45) is 20.0 Å². The molecular formula is C25H28N4O4. The Morgan fingerprint density at radius 3 is 2.82 bits per heavy atom. The van der Waals surface area contributed by atoms with Crippen LogP contribution < -0.4 is 11.0 Å². The zero-order chi connectivity index (χ0) is 22.9. The van der Waals surface area contributed by atoms with E-state index in [2.05, 4.69) is 28.4 Å². The third-order valence-corrected chi connectivity index (χ3v) is 6.39. The van der Waals surface area contributed by atoms with E-state index in [1.807, 2.05) is 24.3 Å². The van der Waals surface area contributed by atoms with Crippen molar-refractivity contribution in [2.75, 3.05) is 38.2 Å². The number of amides is 1. The molecule has 1 atom stereocenters. The molecule has 2 aromatic heterocycles. The van der Waals surface area contributed by atoms with Gasteiger partial charge in [-0.3, -0.25) is 18.8 Å². The van der Waals surface area contributed by atoms with Crippen molar-refractivity contribution in [2.45, 2.75) is 6.42 Å². The number of nitrogens with zero attached hydrogens (tertiary/aromatic N) is 3. The second-order valence-electron chi connectivity index (χ2n) is 8.83. The Morgan fingerprint density at radius 2 is 1.94 bits per heavy atom. The molecule has 0 spiro atoms. The van der Waals surface area contributed by atoms with E-state index in [1.54, 1.807) is 29.5 Å². The van der Waals surface area contributed by atoms with Gasteiger partial charge in [0.1, 0.15) is 5.58 Å². The van der Waals surface area contributed by atoms with E-state index in [9.17, 15) is 9.59 Å². The van der Waals surface area contributed by atoms with Gasteiger partial charge < -0.3 is 14.5 Å². The second-order valence-corrected chi connectivity index (χ2v) is 8.83. The van der Waals surface area contributed by atoms with E-state index < -0.39 is 0 Å². The SMILES string of the molecule is Cn1c(=O)n(C)c2cc(NC(=O)CN3CCOCC(Cc4ccc5ccoc5c4)C3)ccc21. The summed E-state index contributed by atoms with van der Waals surface area (Å²) in [6.45, 7) is 3.08. The highest BCUT2D eigenvalue weighted by atomic mass is 16.5. The number of hydrogen-bond donors (Lipinski definition) is 1. The van der Waals surface area contributed by atoms with Crippen molar-refractivity contribution < 1.29 is 13.9 Å². The monoisotopic (exact) mass is 448 g/mol. The number of anilines is 1. The number of aryl methyl sites for hydroxylation is 2. The van der Waals surface area contributed by atoms with Gasteiger partial charge in [-0.1, -0.05) is 12.1 Å². The third kappa shape index (κ3) is 4.44. The number of imidazole rings is 1. The zero-order valence-electron chi connectivity index (χ0n) is 18.9. The van der Waals surface area contributed by atoms with Gasteiger partial charge in [0.25, 0.3) is 0 Å². The van der Waals surface area contributed by atoms with E-state index >= 15 is 0 Å². The van der Waals surface area contributed by atoms with E-state index in [-0.39, 0.29) is 11.6 Å². The fraction of sp³-hybridized carbons (Fsp3) is 0.360. The normalized spacial score (nSPS) is 17.5. The van der Waals surface area contributed by atoms with Crippen LogP contribution in [0.1, 0.15) is 5.56 Å². The average molecular weight is 449 g/mol. The average Bonchev–Trinajstić information content (AvgIpc) is 3.26. The van der Waals surface area contributed by atoms with E-state index in [4.69, 9.17) is 9.15 Å². The molecule has 1 saturated heterocycles. The molecule has 8 nitrogen and oxygen atoms in total. The van der Waals surface area contributed by atoms with Gasteiger partial charge in [-0.15, -0.1) is 0 Å². The van der Waals surface area contributed by atoms with Gasteiger partial charge in [-0.05, 0) is 48.2 Å². The number of furan rings is 1. The summed E-state index contributed by atoms with van der Waals surface area (Å²) in [5.74, 6) is 0.218. The van der Waals surface area contributed by atoms with Gasteiger partial charge in [0.05, 0.1) is 37.1 Å². The molecule has 0 bridgehead atoms. The third-order valence-electron chi connectivity index (χ3n) is 6.39. The molecule has 0 radical (unpaired) electrons. The zero-order valence-corrected chi connectivity index (χ0v) is 18.9. The van der Waals surface area contributed by atoms with Crippen molar-refractivity contribution >= 4 is 33.6 Å². The molecule has 0 aliphatic carbocycles. The maximum Gasteiger partial charge on any atom is 0.328 e. The first-order valence-corrected chi connectivity index (χ1v) is 11.2.